The standard InChI is InChI=1S/C11H16N2.2C2H6/c1-6-3-8-4-9(6)10-5-12-13-7(2)11(8)10;2*1-2/h6,8-9,12H,3-5H2,1-2H3;2*1-2H3. The van der Waals surface area contributed by atoms with E-state index in [9.17, 15) is 0 Å². The van der Waals surface area contributed by atoms with E-state index in [1.165, 1.54) is 18.6 Å². The van der Waals surface area contributed by atoms with Crippen molar-refractivity contribution in [1.82, 2.24) is 5.43 Å². The Labute approximate surface area is 107 Å². The number of nitrogens with zero attached hydrogens (tertiary/aromatic N) is 1. The van der Waals surface area contributed by atoms with Gasteiger partial charge in [0, 0.05) is 0 Å². The van der Waals surface area contributed by atoms with Gasteiger partial charge in [-0.3, -0.25) is 0 Å². The molecule has 0 aromatic rings. The molecular weight excluding hydrogens is 208 g/mol. The van der Waals surface area contributed by atoms with E-state index in [2.05, 4.69) is 24.4 Å². The second kappa shape index (κ2) is 6.23. The largest absolute Gasteiger partial charge is 0.306 e. The second-order valence-corrected chi connectivity index (χ2v) is 4.72. The SMILES string of the molecule is CC.CC.CC1=NNCC2=C1C1CC(C)C2C1. The molecular formula is C15H28N2. The molecule has 2 aliphatic carbocycles. The lowest BCUT2D eigenvalue weighted by molar-refractivity contribution is 0.452. The van der Waals surface area contributed by atoms with Gasteiger partial charge in [0.25, 0.3) is 0 Å². The molecule has 1 N–H and O–H groups in total. The van der Waals surface area contributed by atoms with Crippen molar-refractivity contribution in [3.8, 4) is 0 Å². The summed E-state index contributed by atoms with van der Waals surface area (Å²) in [4.78, 5) is 0. The van der Waals surface area contributed by atoms with Gasteiger partial charge in [-0.2, -0.15) is 5.10 Å². The minimum absolute atomic E-state index is 0.848. The van der Waals surface area contributed by atoms with Crippen molar-refractivity contribution >= 4 is 5.71 Å². The summed E-state index contributed by atoms with van der Waals surface area (Å²) >= 11 is 0. The molecule has 3 rings (SSSR count). The first-order valence-electron chi connectivity index (χ1n) is 7.28. The van der Waals surface area contributed by atoms with E-state index in [1.807, 2.05) is 27.7 Å². The van der Waals surface area contributed by atoms with Crippen LogP contribution in [0.15, 0.2) is 16.2 Å². The average molecular weight is 236 g/mol. The summed E-state index contributed by atoms with van der Waals surface area (Å²) < 4.78 is 0. The van der Waals surface area contributed by atoms with Crippen LogP contribution in [0.5, 0.6) is 0 Å². The van der Waals surface area contributed by atoms with Crippen molar-refractivity contribution in [2.45, 2.75) is 54.4 Å². The number of rotatable bonds is 0. The third-order valence-electron chi connectivity index (χ3n) is 3.99. The fraction of sp³-hybridized carbons (Fsp3) is 0.800. The number of fused-ring (bicyclic) bond motifs is 4. The zero-order valence-corrected chi connectivity index (χ0v) is 12.3. The van der Waals surface area contributed by atoms with Crippen molar-refractivity contribution < 1.29 is 0 Å². The van der Waals surface area contributed by atoms with Crippen LogP contribution in [0.1, 0.15) is 54.4 Å². The van der Waals surface area contributed by atoms with E-state index in [4.69, 9.17) is 0 Å². The Hall–Kier alpha value is -0.790. The molecule has 3 unspecified atom stereocenters. The van der Waals surface area contributed by atoms with E-state index < -0.39 is 0 Å². The lowest BCUT2D eigenvalue weighted by atomic mass is 9.83. The van der Waals surface area contributed by atoms with Crippen LogP contribution < -0.4 is 5.43 Å². The van der Waals surface area contributed by atoms with Crippen molar-refractivity contribution in [1.29, 1.82) is 0 Å². The number of hydrogen-bond acceptors (Lipinski definition) is 2. The van der Waals surface area contributed by atoms with Gasteiger partial charge >= 0.3 is 0 Å². The highest BCUT2D eigenvalue weighted by Gasteiger charge is 2.44. The van der Waals surface area contributed by atoms with Crippen LogP contribution in [0, 0.1) is 17.8 Å². The third-order valence-corrected chi connectivity index (χ3v) is 3.99. The highest BCUT2D eigenvalue weighted by molar-refractivity contribution is 6.00. The van der Waals surface area contributed by atoms with Crippen LogP contribution in [0.3, 0.4) is 0 Å². The lowest BCUT2D eigenvalue weighted by Crippen LogP contribution is -2.27. The summed E-state index contributed by atoms with van der Waals surface area (Å²) in [6.45, 7) is 13.6. The molecule has 0 amide bonds. The summed E-state index contributed by atoms with van der Waals surface area (Å²) in [5, 5.41) is 4.33. The Morgan fingerprint density at radius 2 is 1.76 bits per heavy atom. The Bertz CT molecular complexity index is 315. The molecule has 0 aromatic carbocycles. The van der Waals surface area contributed by atoms with Gasteiger partial charge in [-0.15, -0.1) is 0 Å². The van der Waals surface area contributed by atoms with Crippen molar-refractivity contribution in [3.05, 3.63) is 11.1 Å². The van der Waals surface area contributed by atoms with Crippen molar-refractivity contribution in [2.24, 2.45) is 22.9 Å². The zero-order chi connectivity index (χ0) is 13.0. The molecule has 1 aliphatic heterocycles. The number of allylic oxidation sites excluding steroid dienone is 1. The predicted molar refractivity (Wildman–Crippen MR) is 76.2 cm³/mol. The first-order chi connectivity index (χ1) is 8.27. The Balaban J connectivity index is 0.000000330. The quantitative estimate of drug-likeness (QED) is 0.675. The monoisotopic (exact) mass is 236 g/mol. The minimum atomic E-state index is 0.848. The van der Waals surface area contributed by atoms with Gasteiger partial charge in [-0.25, -0.2) is 0 Å². The first-order valence-corrected chi connectivity index (χ1v) is 7.28. The van der Waals surface area contributed by atoms with Crippen LogP contribution in [0.25, 0.3) is 0 Å². The summed E-state index contributed by atoms with van der Waals surface area (Å²) in [7, 11) is 0. The highest BCUT2D eigenvalue weighted by Crippen LogP contribution is 2.52. The molecule has 17 heavy (non-hydrogen) atoms. The molecule has 1 fully saturated rings. The van der Waals surface area contributed by atoms with Gasteiger partial charge in [0.05, 0.1) is 12.3 Å². The van der Waals surface area contributed by atoms with E-state index in [-0.39, 0.29) is 0 Å². The van der Waals surface area contributed by atoms with Crippen molar-refractivity contribution in [2.75, 3.05) is 6.54 Å². The number of hydrogen-bond donors (Lipinski definition) is 1. The first kappa shape index (κ1) is 14.3. The smallest absolute Gasteiger partial charge is 0.0607 e. The Kier molecular flexibility index (Phi) is 5.23. The summed E-state index contributed by atoms with van der Waals surface area (Å²) in [6.07, 6.45) is 2.80. The molecule has 1 saturated carbocycles. The molecule has 2 nitrogen and oxygen atoms in total. The molecule has 0 aromatic heterocycles. The van der Waals surface area contributed by atoms with E-state index in [0.717, 1.165) is 24.3 Å². The maximum absolute atomic E-state index is 4.33. The zero-order valence-electron chi connectivity index (χ0n) is 12.3. The molecule has 2 bridgehead atoms. The van der Waals surface area contributed by atoms with Crippen LogP contribution in [0.2, 0.25) is 0 Å². The molecule has 0 radical (unpaired) electrons. The molecule has 0 saturated heterocycles. The highest BCUT2D eigenvalue weighted by atomic mass is 15.3. The van der Waals surface area contributed by atoms with Crippen LogP contribution in [0.4, 0.5) is 0 Å². The third kappa shape index (κ3) is 2.41. The molecule has 0 spiro atoms. The van der Waals surface area contributed by atoms with Gasteiger partial charge < -0.3 is 5.43 Å². The maximum Gasteiger partial charge on any atom is 0.0607 e. The predicted octanol–water partition coefficient (Wildman–Crippen LogP) is 3.99. The second-order valence-electron chi connectivity index (χ2n) is 4.72. The normalized spacial score (nSPS) is 32.6. The fourth-order valence-electron chi connectivity index (χ4n) is 3.49. The molecule has 98 valence electrons. The molecule has 3 aliphatic rings. The molecule has 1 heterocycles. The summed E-state index contributed by atoms with van der Waals surface area (Å²) in [5.74, 6) is 2.63. The summed E-state index contributed by atoms with van der Waals surface area (Å²) in [5.41, 5.74) is 7.68. The van der Waals surface area contributed by atoms with E-state index >= 15 is 0 Å². The Morgan fingerprint density at radius 3 is 2.41 bits per heavy atom. The lowest BCUT2D eigenvalue weighted by Gasteiger charge is -2.27. The topological polar surface area (TPSA) is 24.4 Å². The fourth-order valence-corrected chi connectivity index (χ4v) is 3.49. The van der Waals surface area contributed by atoms with Crippen LogP contribution >= 0.6 is 0 Å². The summed E-state index contributed by atoms with van der Waals surface area (Å²) in [6, 6.07) is 0. The van der Waals surface area contributed by atoms with Crippen LogP contribution in [-0.2, 0) is 0 Å². The van der Waals surface area contributed by atoms with Gasteiger partial charge in [0.2, 0.25) is 0 Å². The van der Waals surface area contributed by atoms with Gasteiger partial charge in [-0.05, 0) is 48.7 Å². The molecule has 2 heteroatoms. The maximum atomic E-state index is 4.33. The molecule has 3 atom stereocenters. The van der Waals surface area contributed by atoms with Crippen molar-refractivity contribution in [3.63, 3.8) is 0 Å². The van der Waals surface area contributed by atoms with Gasteiger partial charge in [0.15, 0.2) is 0 Å². The minimum Gasteiger partial charge on any atom is -0.306 e. The number of nitrogens with one attached hydrogen (secondary N) is 1. The van der Waals surface area contributed by atoms with Crippen LogP contribution in [-0.4, -0.2) is 12.3 Å². The van der Waals surface area contributed by atoms with Gasteiger partial charge in [-0.1, -0.05) is 34.6 Å². The Morgan fingerprint density at radius 1 is 1.12 bits per heavy atom. The van der Waals surface area contributed by atoms with E-state index in [1.54, 1.807) is 11.1 Å². The number of hydrazone groups is 1. The van der Waals surface area contributed by atoms with Gasteiger partial charge in [0.1, 0.15) is 0 Å². The van der Waals surface area contributed by atoms with E-state index in [0.29, 0.717) is 0 Å². The average Bonchev–Trinajstić information content (AvgIpc) is 2.92.